The number of carbonyl (C=O) groups excluding carboxylic acids is 1. The monoisotopic (exact) mass is 240 g/mol. The van der Waals surface area contributed by atoms with Gasteiger partial charge < -0.3 is 10.2 Å². The highest BCUT2D eigenvalue weighted by molar-refractivity contribution is 5.73. The summed E-state index contributed by atoms with van der Waals surface area (Å²) in [5, 5.41) is 2.59. The van der Waals surface area contributed by atoms with Gasteiger partial charge in [0.2, 0.25) is 0 Å². The standard InChI is InChI=1S/C10H19F3N2O/c1-3-15(4-2)9(16)14-8-6-5-7-10(11,12)13/h3-8H2,1-2H3,(H,14,16). The topological polar surface area (TPSA) is 32.3 Å². The van der Waals surface area contributed by atoms with Gasteiger partial charge in [-0.2, -0.15) is 13.2 Å². The summed E-state index contributed by atoms with van der Waals surface area (Å²) in [5.74, 6) is 0. The summed E-state index contributed by atoms with van der Waals surface area (Å²) < 4.78 is 35.3. The molecule has 96 valence electrons. The Balaban J connectivity index is 3.55. The predicted octanol–water partition coefficient (Wildman–Crippen LogP) is 2.77. The van der Waals surface area contributed by atoms with Crippen LogP contribution >= 0.6 is 0 Å². The molecule has 3 nitrogen and oxygen atoms in total. The third kappa shape index (κ3) is 7.36. The minimum Gasteiger partial charge on any atom is -0.338 e. The van der Waals surface area contributed by atoms with Gasteiger partial charge in [0.15, 0.2) is 0 Å². The van der Waals surface area contributed by atoms with Crippen molar-refractivity contribution >= 4 is 6.03 Å². The molecule has 2 amide bonds. The molecule has 6 heteroatoms. The summed E-state index contributed by atoms with van der Waals surface area (Å²) in [5.41, 5.74) is 0. The molecule has 0 aromatic rings. The smallest absolute Gasteiger partial charge is 0.338 e. The highest BCUT2D eigenvalue weighted by Crippen LogP contribution is 2.21. The first-order valence-electron chi connectivity index (χ1n) is 5.50. The molecule has 0 rings (SSSR count). The van der Waals surface area contributed by atoms with Gasteiger partial charge in [-0.25, -0.2) is 4.79 Å². The summed E-state index contributed by atoms with van der Waals surface area (Å²) in [7, 11) is 0. The van der Waals surface area contributed by atoms with Crippen molar-refractivity contribution in [1.29, 1.82) is 0 Å². The lowest BCUT2D eigenvalue weighted by atomic mass is 10.2. The van der Waals surface area contributed by atoms with E-state index in [9.17, 15) is 18.0 Å². The molecular formula is C10H19F3N2O. The van der Waals surface area contributed by atoms with Crippen molar-refractivity contribution in [2.24, 2.45) is 0 Å². The number of rotatable bonds is 6. The molecule has 0 heterocycles. The Hall–Kier alpha value is -0.940. The number of hydrogen-bond acceptors (Lipinski definition) is 1. The van der Waals surface area contributed by atoms with Crippen LogP contribution in [0.5, 0.6) is 0 Å². The van der Waals surface area contributed by atoms with Crippen LogP contribution in [0.2, 0.25) is 0 Å². The largest absolute Gasteiger partial charge is 0.389 e. The Morgan fingerprint density at radius 3 is 2.19 bits per heavy atom. The molecule has 0 unspecified atom stereocenters. The van der Waals surface area contributed by atoms with Crippen LogP contribution in [0.3, 0.4) is 0 Å². The van der Waals surface area contributed by atoms with E-state index >= 15 is 0 Å². The number of alkyl halides is 3. The van der Waals surface area contributed by atoms with E-state index in [0.717, 1.165) is 0 Å². The maximum Gasteiger partial charge on any atom is 0.389 e. The highest BCUT2D eigenvalue weighted by Gasteiger charge is 2.25. The molecule has 0 aliphatic rings. The normalized spacial score (nSPS) is 11.3. The molecule has 0 aliphatic heterocycles. The van der Waals surface area contributed by atoms with E-state index in [2.05, 4.69) is 5.32 Å². The van der Waals surface area contributed by atoms with Gasteiger partial charge in [-0.15, -0.1) is 0 Å². The molecule has 0 fully saturated rings. The highest BCUT2D eigenvalue weighted by atomic mass is 19.4. The van der Waals surface area contributed by atoms with E-state index in [-0.39, 0.29) is 12.5 Å². The van der Waals surface area contributed by atoms with Gasteiger partial charge >= 0.3 is 12.2 Å². The van der Waals surface area contributed by atoms with Crippen molar-refractivity contribution < 1.29 is 18.0 Å². The predicted molar refractivity (Wildman–Crippen MR) is 56.2 cm³/mol. The number of carbonyl (C=O) groups is 1. The van der Waals surface area contributed by atoms with E-state index in [4.69, 9.17) is 0 Å². The van der Waals surface area contributed by atoms with Gasteiger partial charge in [-0.1, -0.05) is 0 Å². The first kappa shape index (κ1) is 15.1. The molecule has 0 aromatic heterocycles. The Morgan fingerprint density at radius 1 is 1.19 bits per heavy atom. The van der Waals surface area contributed by atoms with Crippen LogP contribution in [0.4, 0.5) is 18.0 Å². The van der Waals surface area contributed by atoms with Gasteiger partial charge in [0.25, 0.3) is 0 Å². The van der Waals surface area contributed by atoms with Crippen LogP contribution in [-0.4, -0.2) is 36.7 Å². The number of unbranched alkanes of at least 4 members (excludes halogenated alkanes) is 1. The van der Waals surface area contributed by atoms with Crippen molar-refractivity contribution in [1.82, 2.24) is 10.2 Å². The third-order valence-corrected chi connectivity index (χ3v) is 2.21. The summed E-state index contributed by atoms with van der Waals surface area (Å²) >= 11 is 0. The van der Waals surface area contributed by atoms with Gasteiger partial charge in [-0.3, -0.25) is 0 Å². The summed E-state index contributed by atoms with van der Waals surface area (Å²) in [6.07, 6.45) is -4.47. The molecule has 0 aromatic carbocycles. The molecule has 0 spiro atoms. The third-order valence-electron chi connectivity index (χ3n) is 2.21. The van der Waals surface area contributed by atoms with E-state index in [0.29, 0.717) is 26.1 Å². The van der Waals surface area contributed by atoms with Crippen molar-refractivity contribution in [2.45, 2.75) is 39.3 Å². The number of hydrogen-bond donors (Lipinski definition) is 1. The zero-order chi connectivity index (χ0) is 12.6. The van der Waals surface area contributed by atoms with Crippen LogP contribution in [0.15, 0.2) is 0 Å². The minimum absolute atomic E-state index is 0.0576. The number of nitrogens with one attached hydrogen (secondary N) is 1. The maximum absolute atomic E-state index is 11.8. The number of amides is 2. The molecule has 16 heavy (non-hydrogen) atoms. The Kier molecular flexibility index (Phi) is 6.92. The first-order valence-corrected chi connectivity index (χ1v) is 5.50. The zero-order valence-electron chi connectivity index (χ0n) is 9.73. The summed E-state index contributed by atoms with van der Waals surface area (Å²) in [6, 6.07) is -0.211. The quantitative estimate of drug-likeness (QED) is 0.711. The molecule has 0 atom stereocenters. The average molecular weight is 240 g/mol. The molecule has 1 N–H and O–H groups in total. The zero-order valence-corrected chi connectivity index (χ0v) is 9.73. The van der Waals surface area contributed by atoms with Gasteiger partial charge in [-0.05, 0) is 26.7 Å². The molecule has 0 saturated carbocycles. The summed E-state index contributed by atoms with van der Waals surface area (Å²) in [4.78, 5) is 12.9. The van der Waals surface area contributed by atoms with Crippen molar-refractivity contribution in [3.8, 4) is 0 Å². The Morgan fingerprint density at radius 2 is 1.75 bits per heavy atom. The lowest BCUT2D eigenvalue weighted by Gasteiger charge is -2.19. The Bertz CT molecular complexity index is 203. The van der Waals surface area contributed by atoms with Crippen molar-refractivity contribution in [3.63, 3.8) is 0 Å². The van der Waals surface area contributed by atoms with E-state index < -0.39 is 12.6 Å². The lowest BCUT2D eigenvalue weighted by molar-refractivity contribution is -0.135. The second-order valence-corrected chi connectivity index (χ2v) is 3.48. The molecule has 0 radical (unpaired) electrons. The van der Waals surface area contributed by atoms with Crippen molar-refractivity contribution in [2.75, 3.05) is 19.6 Å². The van der Waals surface area contributed by atoms with Gasteiger partial charge in [0, 0.05) is 26.1 Å². The second-order valence-electron chi connectivity index (χ2n) is 3.48. The number of halogens is 3. The Labute approximate surface area is 94.0 Å². The SMILES string of the molecule is CCN(CC)C(=O)NCCCCC(F)(F)F. The fourth-order valence-corrected chi connectivity index (χ4v) is 1.27. The average Bonchev–Trinajstić information content (AvgIpc) is 2.17. The van der Waals surface area contributed by atoms with Crippen LogP contribution in [0.25, 0.3) is 0 Å². The van der Waals surface area contributed by atoms with E-state index in [1.165, 1.54) is 0 Å². The molecule has 0 saturated heterocycles. The number of urea groups is 1. The van der Waals surface area contributed by atoms with Crippen LogP contribution < -0.4 is 5.32 Å². The summed E-state index contributed by atoms with van der Waals surface area (Å²) in [6.45, 7) is 5.21. The molecule has 0 aliphatic carbocycles. The number of nitrogens with zero attached hydrogens (tertiary/aromatic N) is 1. The second kappa shape index (κ2) is 7.35. The fraction of sp³-hybridized carbons (Fsp3) is 0.900. The first-order chi connectivity index (χ1) is 7.40. The van der Waals surface area contributed by atoms with Crippen LogP contribution in [-0.2, 0) is 0 Å². The van der Waals surface area contributed by atoms with E-state index in [1.54, 1.807) is 4.90 Å². The lowest BCUT2D eigenvalue weighted by Crippen LogP contribution is -2.40. The van der Waals surface area contributed by atoms with Crippen molar-refractivity contribution in [3.05, 3.63) is 0 Å². The van der Waals surface area contributed by atoms with Gasteiger partial charge in [0.05, 0.1) is 0 Å². The van der Waals surface area contributed by atoms with Crippen LogP contribution in [0.1, 0.15) is 33.1 Å². The fourth-order valence-electron chi connectivity index (χ4n) is 1.27. The maximum atomic E-state index is 11.8. The molecular weight excluding hydrogens is 221 g/mol. The molecule has 0 bridgehead atoms. The minimum atomic E-state index is -4.09. The van der Waals surface area contributed by atoms with Crippen LogP contribution in [0, 0.1) is 0 Å². The van der Waals surface area contributed by atoms with E-state index in [1.807, 2.05) is 13.8 Å². The van der Waals surface area contributed by atoms with Gasteiger partial charge in [0.1, 0.15) is 0 Å².